The molecule has 0 unspecified atom stereocenters. The van der Waals surface area contributed by atoms with Crippen LogP contribution in [0.15, 0.2) is 109 Å². The second kappa shape index (κ2) is 54.7. The van der Waals surface area contributed by atoms with Crippen LogP contribution in [0.1, 0.15) is 191 Å². The zero-order valence-electron chi connectivity index (χ0n) is 76.8. The van der Waals surface area contributed by atoms with Crippen LogP contribution in [0, 0.1) is 52.8 Å². The fourth-order valence-electron chi connectivity index (χ4n) is 15.3. The number of amides is 7. The maximum absolute atomic E-state index is 14.0. The van der Waals surface area contributed by atoms with Gasteiger partial charge in [0.15, 0.2) is 5.78 Å². The molecule has 0 bridgehead atoms. The number of alkyl carbamates (subject to hydrolysis) is 1. The number of halogens is 7. The summed E-state index contributed by atoms with van der Waals surface area (Å²) < 4.78 is 118. The van der Waals surface area contributed by atoms with Crippen molar-refractivity contribution in [3.05, 3.63) is 143 Å². The monoisotopic (exact) mass is 1950 g/mol. The number of benzene rings is 2. The number of rotatable bonds is 46. The third kappa shape index (κ3) is 37.4. The molecule has 7 amide bonds. The Bertz CT molecular complexity index is 4420. The number of carbonyl (C=O) groups is 11. The highest BCUT2D eigenvalue weighted by molar-refractivity contribution is 9.09. The molecule has 0 aliphatic carbocycles. The van der Waals surface area contributed by atoms with Crippen molar-refractivity contribution < 1.29 is 133 Å². The SMILES string of the molecule is C=C(N)NCCC[C@H](CC(=O)[C@@H](NC(=O)CCCCCCC(=O)CBr)C(C)C)C(=O)Nc1ccc(COC(=O)NCNC(=O)NC[C@@H]2C[C@@]3(CO3)[C@H](O)[C@@H](/C=C/C(C)=C/C[C@@H]3O[C@H](C)[C@H](NC(=O)/C=C\[C@H](C)OC(C)=O)C[C@@H]3C)O2)cc1.CC(=O)O[C@@H](C)/C=C\C(=O)N[C@@H]1C[C@H](C)[C@H](C/C=C(C)/C=C/[C@H]2O[C@H](CC(=O)Oc3c(F)c(F)c(F)c(F)c3F)C[C@@](O)(CCl)[C@@H]2O)O[C@@H]1C. The van der Waals surface area contributed by atoms with Gasteiger partial charge >= 0.3 is 30.0 Å². The van der Waals surface area contributed by atoms with Crippen LogP contribution >= 0.6 is 27.5 Å². The van der Waals surface area contributed by atoms with E-state index in [2.05, 4.69) is 82.8 Å². The number of ether oxygens (including phenoxy) is 9. The number of unbranched alkanes of at least 4 members (excludes halogenated alkanes) is 3. The number of hydrogen-bond donors (Lipinski definition) is 12. The van der Waals surface area contributed by atoms with Gasteiger partial charge in [-0.2, -0.15) is 8.78 Å². The average molecular weight is 1950 g/mol. The van der Waals surface area contributed by atoms with Crippen molar-refractivity contribution in [2.75, 3.05) is 42.9 Å². The number of aliphatic hydroxyl groups is 3. The molecule has 1 spiro atoms. The second-order valence-electron chi connectivity index (χ2n) is 34.6. The highest BCUT2D eigenvalue weighted by Crippen LogP contribution is 2.43. The summed E-state index contributed by atoms with van der Waals surface area (Å²) in [5.41, 5.74) is 5.64. The molecule has 5 heterocycles. The van der Waals surface area contributed by atoms with Gasteiger partial charge < -0.3 is 106 Å². The number of nitrogens with two attached hydrogens (primary N) is 1. The molecule has 734 valence electrons. The summed E-state index contributed by atoms with van der Waals surface area (Å²) in [6.07, 6.45) is 13.8. The van der Waals surface area contributed by atoms with Gasteiger partial charge in [0.1, 0.15) is 60.2 Å². The van der Waals surface area contributed by atoms with Crippen molar-refractivity contribution in [1.82, 2.24) is 37.2 Å². The summed E-state index contributed by atoms with van der Waals surface area (Å²) in [5, 5.41) is 55.6. The van der Waals surface area contributed by atoms with Gasteiger partial charge in [-0.05, 0) is 141 Å². The summed E-state index contributed by atoms with van der Waals surface area (Å²) in [7, 11) is 0. The zero-order chi connectivity index (χ0) is 97.9. The number of nitrogens with one attached hydrogen (secondary N) is 8. The first kappa shape index (κ1) is 111. The Labute approximate surface area is 780 Å². The van der Waals surface area contributed by atoms with E-state index in [0.29, 0.717) is 86.7 Å². The van der Waals surface area contributed by atoms with E-state index in [0.717, 1.165) is 31.3 Å². The Morgan fingerprint density at radius 1 is 0.667 bits per heavy atom. The number of aliphatic hydroxyl groups excluding tert-OH is 2. The normalized spacial score (nSPS) is 25.8. The number of anilines is 1. The molecule has 32 nitrogen and oxygen atoms in total. The number of Topliss-reactive ketones (excluding diaryl/α,β-unsaturated/α-hetero) is 2. The Morgan fingerprint density at radius 3 is 1.70 bits per heavy atom. The van der Waals surface area contributed by atoms with Crippen LogP contribution in [-0.2, 0) is 87.7 Å². The molecule has 0 aromatic heterocycles. The van der Waals surface area contributed by atoms with Crippen molar-refractivity contribution in [3.8, 4) is 5.75 Å². The Balaban J connectivity index is 0.000000457. The van der Waals surface area contributed by atoms with E-state index >= 15 is 0 Å². The standard InChI is InChI=1S/C59H89BrN8O14.C34H41ClF5NO9/c1-36(2)54(68-52(72)16-12-10-9-11-15-46(70)31-60)49(71)29-44(14-13-27-62-41(7)61)56(75)66-45-22-20-43(21-23-45)33-78-58(77)65-35-64-57(76)63-32-47-30-59(34-79-59)55(74)51(82-47)25-18-37(3)17-24-50-38(4)28-48(40(6)81-50)67-53(73)26-19-39(5)80-42(8)69;1-16(6-9-23-17(2)12-22(19(4)48-23)41-25(43)11-8-18(3)47-20(5)42)7-10-24-33(45)34(46,15-35)14-21(49-24)13-26(44)50-32-30(39)28(37)27(36)29(38)31(32)40/h17-23,25-26,36,38-40,44,47-48,50-51,54-55,62,74H,7,9-16,24,27-35,61H2,1-6,8H3,(H,65,77)(H,66,75)(H,67,73)(H,68,72)(H2,63,64,76);6-8,10-11,17-19,21-24,33,45-46H,9,12-15H2,1-5H3,(H,41,43)/b25-18+,26-19-,37-17+;10-7+,11-8-,16-6+/t38-,39-,40+,44+,47-,48+,50-,51+,54-,55+,59+;17-,18-,19+,21+,22+,23-,24+,33+,34+/m00/s1. The van der Waals surface area contributed by atoms with Gasteiger partial charge in [0.2, 0.25) is 58.5 Å². The molecule has 0 saturated carbocycles. The highest BCUT2D eigenvalue weighted by atomic mass is 79.9. The van der Waals surface area contributed by atoms with E-state index in [-0.39, 0.29) is 128 Å². The fourth-order valence-corrected chi connectivity index (χ4v) is 15.9. The maximum Gasteiger partial charge on any atom is 0.408 e. The van der Waals surface area contributed by atoms with Gasteiger partial charge in [0, 0.05) is 82.8 Å². The van der Waals surface area contributed by atoms with E-state index in [1.807, 2.05) is 53.7 Å². The third-order valence-corrected chi connectivity index (χ3v) is 24.0. The first-order valence-corrected chi connectivity index (χ1v) is 46.0. The van der Waals surface area contributed by atoms with E-state index in [9.17, 15) is 90.0 Å². The number of hydrogen-bond acceptors (Lipinski definition) is 25. The van der Waals surface area contributed by atoms with Crippen LogP contribution in [0.25, 0.3) is 0 Å². The number of epoxide rings is 1. The lowest BCUT2D eigenvalue weighted by Crippen LogP contribution is -2.58. The topological polar surface area (TPSA) is 457 Å². The Morgan fingerprint density at radius 2 is 1.19 bits per heavy atom. The molecular formula is C93H130BrClF5N9O23. The molecular weight excluding hydrogens is 1820 g/mol. The van der Waals surface area contributed by atoms with Gasteiger partial charge in [-0.1, -0.05) is 123 Å². The van der Waals surface area contributed by atoms with Crippen LogP contribution < -0.4 is 53.0 Å². The summed E-state index contributed by atoms with van der Waals surface area (Å²) in [5.74, 6) is -18.0. The van der Waals surface area contributed by atoms with Crippen molar-refractivity contribution in [2.24, 2.45) is 29.4 Å². The summed E-state index contributed by atoms with van der Waals surface area (Å²) in [4.78, 5) is 137. The predicted octanol–water partition coefficient (Wildman–Crippen LogP) is 10.8. The number of urea groups is 1. The number of esters is 3. The Kier molecular flexibility index (Phi) is 46.1. The summed E-state index contributed by atoms with van der Waals surface area (Å²) in [6, 6.07) is 4.88. The number of alkyl halides is 2. The maximum atomic E-state index is 14.0. The van der Waals surface area contributed by atoms with E-state index in [1.54, 1.807) is 57.2 Å². The smallest absolute Gasteiger partial charge is 0.408 e. The van der Waals surface area contributed by atoms with Gasteiger partial charge in [0.25, 0.3) is 0 Å². The average Bonchev–Trinajstić information content (AvgIpc) is 1.59. The summed E-state index contributed by atoms with van der Waals surface area (Å²) in [6.45, 7) is 25.4. The number of carbonyl (C=O) groups excluding carboxylic acids is 11. The largest absolute Gasteiger partial charge is 0.459 e. The quantitative estimate of drug-likeness (QED) is 0.00238. The molecule has 5 fully saturated rings. The van der Waals surface area contributed by atoms with E-state index in [1.165, 1.54) is 44.2 Å². The first-order valence-electron chi connectivity index (χ1n) is 44.4. The third-order valence-electron chi connectivity index (χ3n) is 22.9. The lowest BCUT2D eigenvalue weighted by Gasteiger charge is -2.43. The van der Waals surface area contributed by atoms with Crippen molar-refractivity contribution >= 4 is 98.4 Å². The lowest BCUT2D eigenvalue weighted by molar-refractivity contribution is -0.196. The molecule has 13 N–H and O–H groups in total. The second-order valence-corrected chi connectivity index (χ2v) is 35.4. The molecule has 20 atom stereocenters. The number of allylic oxidation sites excluding steroid dienone is 4. The van der Waals surface area contributed by atoms with Crippen LogP contribution in [0.4, 0.5) is 37.2 Å². The van der Waals surface area contributed by atoms with Gasteiger partial charge in [0.05, 0.1) is 91.5 Å². The molecule has 0 radical (unpaired) electrons. The number of ketones is 2. The van der Waals surface area contributed by atoms with Crippen LogP contribution in [0.5, 0.6) is 5.75 Å². The molecule has 7 rings (SSSR count). The fraction of sp³-hybridized carbons (Fsp3) is 0.602. The summed E-state index contributed by atoms with van der Waals surface area (Å²) >= 11 is 9.09. The molecule has 2 aromatic carbocycles. The van der Waals surface area contributed by atoms with E-state index in [4.69, 9.17) is 55.2 Å². The van der Waals surface area contributed by atoms with Gasteiger partial charge in [-0.15, -0.1) is 11.6 Å². The highest BCUT2D eigenvalue weighted by Gasteiger charge is 2.58. The zero-order valence-corrected chi connectivity index (χ0v) is 79.1. The van der Waals surface area contributed by atoms with Crippen LogP contribution in [-0.4, -0.2) is 221 Å². The van der Waals surface area contributed by atoms with Crippen molar-refractivity contribution in [1.29, 1.82) is 0 Å². The van der Waals surface area contributed by atoms with Crippen LogP contribution in [0.3, 0.4) is 0 Å². The molecule has 39 heteroatoms. The molecule has 5 saturated heterocycles. The molecule has 2 aromatic rings. The van der Waals surface area contributed by atoms with Crippen molar-refractivity contribution in [2.45, 2.75) is 295 Å². The van der Waals surface area contributed by atoms with E-state index < -0.39 is 156 Å². The van der Waals surface area contributed by atoms with Crippen LogP contribution in [0.2, 0.25) is 0 Å². The first-order chi connectivity index (χ1) is 62.3. The minimum atomic E-state index is -2.42. The lowest BCUT2D eigenvalue weighted by atomic mass is 9.84. The van der Waals surface area contributed by atoms with Gasteiger partial charge in [-0.25, -0.2) is 22.8 Å². The molecule has 5 aliphatic heterocycles. The Hall–Kier alpha value is -9.51. The molecule has 5 aliphatic rings. The minimum Gasteiger partial charge on any atom is -0.459 e. The van der Waals surface area contributed by atoms with Crippen molar-refractivity contribution in [3.63, 3.8) is 0 Å². The predicted molar refractivity (Wildman–Crippen MR) is 482 cm³/mol. The molecule has 132 heavy (non-hydrogen) atoms. The minimum absolute atomic E-state index is 0.0565. The van der Waals surface area contributed by atoms with Gasteiger partial charge in [-0.3, -0.25) is 43.2 Å².